The fourth-order valence-corrected chi connectivity index (χ4v) is 4.79. The molecule has 0 spiro atoms. The third kappa shape index (κ3) is 2.66. The number of aromatic nitrogens is 1. The minimum atomic E-state index is -0.204. The minimum absolute atomic E-state index is 0.204. The van der Waals surface area contributed by atoms with Gasteiger partial charge >= 0.3 is 0 Å². The third-order valence-electron chi connectivity index (χ3n) is 4.72. The van der Waals surface area contributed by atoms with Crippen LogP contribution in [0, 0.1) is 5.41 Å². The Morgan fingerprint density at radius 3 is 2.55 bits per heavy atom. The molecule has 2 rings (SSSR count). The van der Waals surface area contributed by atoms with Gasteiger partial charge < -0.3 is 10.1 Å². The molecule has 0 saturated carbocycles. The van der Waals surface area contributed by atoms with Crippen molar-refractivity contribution in [3.8, 4) is 0 Å². The largest absolute Gasteiger partial charge is 0.371 e. The molecule has 1 N–H and O–H groups in total. The molecule has 1 heterocycles. The van der Waals surface area contributed by atoms with Crippen LogP contribution in [0.1, 0.15) is 68.6 Å². The molecule has 1 unspecified atom stereocenters. The maximum absolute atomic E-state index is 5.85. The molecule has 1 aromatic heterocycles. The molecule has 0 aliphatic heterocycles. The molecule has 1 aromatic rings. The van der Waals surface area contributed by atoms with E-state index in [1.54, 1.807) is 0 Å². The Kier molecular flexibility index (Phi) is 4.57. The molecule has 1 atom stereocenters. The van der Waals surface area contributed by atoms with Crippen molar-refractivity contribution in [3.05, 3.63) is 15.6 Å². The molecule has 0 amide bonds. The van der Waals surface area contributed by atoms with Crippen molar-refractivity contribution in [1.29, 1.82) is 0 Å². The minimum Gasteiger partial charge on any atom is -0.371 e. The molecular formula is C16H28N2OS. The summed E-state index contributed by atoms with van der Waals surface area (Å²) in [6, 6.07) is 0.434. The van der Waals surface area contributed by atoms with Crippen LogP contribution in [0.25, 0.3) is 0 Å². The van der Waals surface area contributed by atoms with E-state index in [1.807, 2.05) is 18.4 Å². The normalized spacial score (nSPS) is 21.8. The van der Waals surface area contributed by atoms with E-state index in [2.05, 4.69) is 40.1 Å². The zero-order chi connectivity index (χ0) is 15.0. The van der Waals surface area contributed by atoms with Gasteiger partial charge in [-0.05, 0) is 38.1 Å². The van der Waals surface area contributed by atoms with Gasteiger partial charge in [0, 0.05) is 18.0 Å². The molecule has 1 aliphatic rings. The second-order valence-electron chi connectivity index (χ2n) is 6.62. The van der Waals surface area contributed by atoms with Crippen molar-refractivity contribution in [2.24, 2.45) is 5.41 Å². The fourth-order valence-electron chi connectivity index (χ4n) is 3.29. The van der Waals surface area contributed by atoms with E-state index in [9.17, 15) is 0 Å². The van der Waals surface area contributed by atoms with Gasteiger partial charge in [0.1, 0.15) is 10.6 Å². The van der Waals surface area contributed by atoms with Gasteiger partial charge in [-0.25, -0.2) is 4.98 Å². The molecule has 4 heteroatoms. The summed E-state index contributed by atoms with van der Waals surface area (Å²) >= 11 is 1.85. The fraction of sp³-hybridized carbons (Fsp3) is 0.812. The highest BCUT2D eigenvalue weighted by Crippen LogP contribution is 2.46. The highest BCUT2D eigenvalue weighted by atomic mass is 32.1. The first-order valence-electron chi connectivity index (χ1n) is 7.64. The first kappa shape index (κ1) is 15.9. The summed E-state index contributed by atoms with van der Waals surface area (Å²) in [7, 11) is 3.87. The number of hydrogen-bond donors (Lipinski definition) is 1. The van der Waals surface area contributed by atoms with Crippen molar-refractivity contribution < 1.29 is 4.74 Å². The maximum atomic E-state index is 5.85. The predicted molar refractivity (Wildman–Crippen MR) is 85.3 cm³/mol. The number of hydrogen-bond acceptors (Lipinski definition) is 4. The van der Waals surface area contributed by atoms with Gasteiger partial charge in [-0.15, -0.1) is 11.3 Å². The lowest BCUT2D eigenvalue weighted by molar-refractivity contribution is -0.0220. The van der Waals surface area contributed by atoms with Gasteiger partial charge in [-0.1, -0.05) is 27.7 Å². The van der Waals surface area contributed by atoms with Crippen LogP contribution in [0.4, 0.5) is 0 Å². The van der Waals surface area contributed by atoms with Crippen molar-refractivity contribution >= 4 is 11.3 Å². The lowest BCUT2D eigenvalue weighted by Gasteiger charge is -2.34. The summed E-state index contributed by atoms with van der Waals surface area (Å²) in [5, 5.41) is 4.62. The van der Waals surface area contributed by atoms with Crippen LogP contribution in [-0.4, -0.2) is 19.1 Å². The summed E-state index contributed by atoms with van der Waals surface area (Å²) in [6.07, 6.45) is 4.20. The summed E-state index contributed by atoms with van der Waals surface area (Å²) in [5.74, 6) is 0. The summed E-state index contributed by atoms with van der Waals surface area (Å²) in [5.41, 5.74) is 1.40. The van der Waals surface area contributed by atoms with E-state index in [-0.39, 0.29) is 5.60 Å². The molecule has 20 heavy (non-hydrogen) atoms. The number of methoxy groups -OCH3 is 1. The van der Waals surface area contributed by atoms with Gasteiger partial charge in [-0.3, -0.25) is 0 Å². The zero-order valence-electron chi connectivity index (χ0n) is 13.7. The van der Waals surface area contributed by atoms with Crippen LogP contribution in [0.15, 0.2) is 0 Å². The van der Waals surface area contributed by atoms with E-state index in [1.165, 1.54) is 17.0 Å². The second-order valence-corrected chi connectivity index (χ2v) is 7.65. The average molecular weight is 296 g/mol. The van der Waals surface area contributed by atoms with E-state index >= 15 is 0 Å². The Morgan fingerprint density at radius 1 is 1.40 bits per heavy atom. The predicted octanol–water partition coefficient (Wildman–Crippen LogP) is 4.04. The maximum Gasteiger partial charge on any atom is 0.125 e. The van der Waals surface area contributed by atoms with Crippen molar-refractivity contribution in [1.82, 2.24) is 10.3 Å². The van der Waals surface area contributed by atoms with Gasteiger partial charge in [0.2, 0.25) is 0 Å². The number of rotatable bonds is 5. The Bertz CT molecular complexity index is 455. The van der Waals surface area contributed by atoms with Crippen LogP contribution in [-0.2, 0) is 16.8 Å². The lowest BCUT2D eigenvalue weighted by atomic mass is 9.76. The molecule has 0 fully saturated rings. The van der Waals surface area contributed by atoms with Crippen LogP contribution in [0.3, 0.4) is 0 Å². The Hall–Kier alpha value is -0.450. The van der Waals surface area contributed by atoms with Crippen molar-refractivity contribution in [3.63, 3.8) is 0 Å². The Labute approximate surface area is 127 Å². The Morgan fingerprint density at radius 2 is 2.05 bits per heavy atom. The lowest BCUT2D eigenvalue weighted by Crippen LogP contribution is -2.30. The molecule has 0 bridgehead atoms. The standard InChI is InChI=1S/C16H28N2OS/c1-7-16(8-2,19-6)14-18-12-10-15(3,4)9-11(17-5)13(12)20-14/h11,17H,7-10H2,1-6H3. The first-order valence-corrected chi connectivity index (χ1v) is 8.45. The third-order valence-corrected chi connectivity index (χ3v) is 6.11. The molecule has 0 saturated heterocycles. The van der Waals surface area contributed by atoms with E-state index < -0.39 is 0 Å². The number of nitrogens with zero attached hydrogens (tertiary/aromatic N) is 1. The highest BCUT2D eigenvalue weighted by Gasteiger charge is 2.38. The number of thiazole rings is 1. The summed E-state index contributed by atoms with van der Waals surface area (Å²) < 4.78 is 5.85. The number of fused-ring (bicyclic) bond motifs is 1. The Balaban J connectivity index is 2.44. The van der Waals surface area contributed by atoms with Crippen molar-refractivity contribution in [2.45, 2.75) is 65.0 Å². The van der Waals surface area contributed by atoms with E-state index in [0.717, 1.165) is 24.3 Å². The molecule has 114 valence electrons. The van der Waals surface area contributed by atoms with E-state index in [0.29, 0.717) is 11.5 Å². The quantitative estimate of drug-likeness (QED) is 0.890. The van der Waals surface area contributed by atoms with Crippen molar-refractivity contribution in [2.75, 3.05) is 14.2 Å². The number of nitrogens with one attached hydrogen (secondary N) is 1. The number of ether oxygens (including phenoxy) is 1. The van der Waals surface area contributed by atoms with Gasteiger partial charge in [-0.2, -0.15) is 0 Å². The molecular weight excluding hydrogens is 268 g/mol. The molecule has 1 aliphatic carbocycles. The summed E-state index contributed by atoms with van der Waals surface area (Å²) in [4.78, 5) is 6.40. The molecule has 0 radical (unpaired) electrons. The zero-order valence-corrected chi connectivity index (χ0v) is 14.5. The molecule has 0 aromatic carbocycles. The topological polar surface area (TPSA) is 34.1 Å². The smallest absolute Gasteiger partial charge is 0.125 e. The molecule has 3 nitrogen and oxygen atoms in total. The van der Waals surface area contributed by atoms with Crippen LogP contribution in [0.2, 0.25) is 0 Å². The monoisotopic (exact) mass is 296 g/mol. The second kappa shape index (κ2) is 5.74. The average Bonchev–Trinajstić information content (AvgIpc) is 2.83. The van der Waals surface area contributed by atoms with E-state index in [4.69, 9.17) is 9.72 Å². The summed E-state index contributed by atoms with van der Waals surface area (Å²) in [6.45, 7) is 9.05. The van der Waals surface area contributed by atoms with Gasteiger partial charge in [0.15, 0.2) is 0 Å². The van der Waals surface area contributed by atoms with Crippen LogP contribution < -0.4 is 5.32 Å². The van der Waals surface area contributed by atoms with Gasteiger partial charge in [0.05, 0.1) is 5.69 Å². The van der Waals surface area contributed by atoms with Gasteiger partial charge in [0.25, 0.3) is 0 Å². The SMILES string of the molecule is CCC(CC)(OC)c1nc2c(s1)C(NC)CC(C)(C)C2. The first-order chi connectivity index (χ1) is 9.41. The van der Waals surface area contributed by atoms with Crippen LogP contribution >= 0.6 is 11.3 Å². The highest BCUT2D eigenvalue weighted by molar-refractivity contribution is 7.12. The van der Waals surface area contributed by atoms with Crippen LogP contribution in [0.5, 0.6) is 0 Å².